The number of benzene rings is 1. The van der Waals surface area contributed by atoms with E-state index in [2.05, 4.69) is 10.5 Å². The fourth-order valence-corrected chi connectivity index (χ4v) is 4.60. The minimum Gasteiger partial charge on any atom is -0.374 e. The molecule has 1 N–H and O–H groups in total. The number of alkyl halides is 3. The molecule has 0 radical (unpaired) electrons. The van der Waals surface area contributed by atoms with Gasteiger partial charge in [0.15, 0.2) is 0 Å². The van der Waals surface area contributed by atoms with Crippen LogP contribution in [0.25, 0.3) is 0 Å². The van der Waals surface area contributed by atoms with E-state index in [1.807, 2.05) is 6.92 Å². The second-order valence-electron chi connectivity index (χ2n) is 6.71. The van der Waals surface area contributed by atoms with Crippen molar-refractivity contribution in [2.45, 2.75) is 45.0 Å². The fraction of sp³-hybridized carbons (Fsp3) is 0.368. The zero-order chi connectivity index (χ0) is 22.3. The molecule has 0 spiro atoms. The first-order valence-electron chi connectivity index (χ1n) is 8.81. The summed E-state index contributed by atoms with van der Waals surface area (Å²) in [6.07, 6.45) is -4.99. The Morgan fingerprint density at radius 2 is 1.90 bits per heavy atom. The molecule has 1 unspecified atom stereocenters. The predicted molar refractivity (Wildman–Crippen MR) is 113 cm³/mol. The minimum absolute atomic E-state index is 0.0359. The molecule has 0 bridgehead atoms. The summed E-state index contributed by atoms with van der Waals surface area (Å²) in [4.78, 5) is 17.9. The van der Waals surface area contributed by atoms with Crippen LogP contribution in [0, 0.1) is 6.92 Å². The van der Waals surface area contributed by atoms with Crippen LogP contribution >= 0.6 is 46.1 Å². The molecule has 162 valence electrons. The molecule has 1 aromatic carbocycles. The first-order chi connectivity index (χ1) is 14.0. The number of amides is 1. The number of carbonyl (C=O) groups excluding carboxylic acids is 1. The lowest BCUT2D eigenvalue weighted by Gasteiger charge is -2.29. The van der Waals surface area contributed by atoms with Crippen molar-refractivity contribution >= 4 is 57.8 Å². The summed E-state index contributed by atoms with van der Waals surface area (Å²) in [5.41, 5.74) is -2.05. The van der Waals surface area contributed by atoms with Crippen molar-refractivity contribution in [1.82, 2.24) is 5.32 Å². The molecule has 0 aliphatic carbocycles. The van der Waals surface area contributed by atoms with Crippen LogP contribution in [0.2, 0.25) is 15.1 Å². The van der Waals surface area contributed by atoms with Crippen molar-refractivity contribution in [2.75, 3.05) is 0 Å². The van der Waals surface area contributed by atoms with Crippen LogP contribution in [0.5, 0.6) is 0 Å². The number of carbonyl (C=O) groups is 1. The van der Waals surface area contributed by atoms with Crippen molar-refractivity contribution < 1.29 is 22.8 Å². The standard InChI is InChI=1S/C19H16Cl3F3N2O2S/c1-3-16(28)26-8-10-4-15(30-9(10)2)14-7-18(29-27-14,19(23,24)25)11-5-12(20)17(22)13(21)6-11/h4-6H,3,7-8H2,1-2H3,(H,26,28). The third kappa shape index (κ3) is 4.28. The highest BCUT2D eigenvalue weighted by Gasteiger charge is 2.62. The summed E-state index contributed by atoms with van der Waals surface area (Å²) in [5.74, 6) is -0.115. The highest BCUT2D eigenvalue weighted by molar-refractivity contribution is 7.14. The van der Waals surface area contributed by atoms with E-state index >= 15 is 0 Å². The zero-order valence-electron chi connectivity index (χ0n) is 15.8. The molecular weight excluding hydrogens is 484 g/mol. The van der Waals surface area contributed by atoms with Crippen molar-refractivity contribution in [3.63, 3.8) is 0 Å². The molecule has 0 saturated heterocycles. The third-order valence-electron chi connectivity index (χ3n) is 4.74. The Morgan fingerprint density at radius 3 is 2.47 bits per heavy atom. The van der Waals surface area contributed by atoms with Crippen LogP contribution < -0.4 is 5.32 Å². The molecule has 2 aromatic rings. The monoisotopic (exact) mass is 498 g/mol. The summed E-state index contributed by atoms with van der Waals surface area (Å²) in [7, 11) is 0. The summed E-state index contributed by atoms with van der Waals surface area (Å²) in [5, 5.41) is 6.25. The molecule has 3 rings (SSSR count). The van der Waals surface area contributed by atoms with Gasteiger partial charge in [-0.25, -0.2) is 0 Å². The lowest BCUT2D eigenvalue weighted by molar-refractivity contribution is -0.275. The van der Waals surface area contributed by atoms with Gasteiger partial charge in [0, 0.05) is 23.4 Å². The summed E-state index contributed by atoms with van der Waals surface area (Å²) < 4.78 is 42.4. The minimum atomic E-state index is -4.79. The molecule has 1 aromatic heterocycles. The van der Waals surface area contributed by atoms with Crippen LogP contribution in [0.4, 0.5) is 13.2 Å². The average Bonchev–Trinajstić information content (AvgIpc) is 3.28. The Hall–Kier alpha value is -1.48. The van der Waals surface area contributed by atoms with Gasteiger partial charge in [-0.15, -0.1) is 11.3 Å². The molecule has 2 heterocycles. The first kappa shape index (κ1) is 23.2. The van der Waals surface area contributed by atoms with Gasteiger partial charge in [-0.05, 0) is 30.7 Å². The van der Waals surface area contributed by atoms with Gasteiger partial charge in [0.25, 0.3) is 5.60 Å². The van der Waals surface area contributed by atoms with Crippen molar-refractivity contribution in [3.8, 4) is 0 Å². The van der Waals surface area contributed by atoms with E-state index in [9.17, 15) is 18.0 Å². The zero-order valence-corrected chi connectivity index (χ0v) is 18.9. The Labute approximate surface area is 189 Å². The molecule has 30 heavy (non-hydrogen) atoms. The van der Waals surface area contributed by atoms with E-state index in [4.69, 9.17) is 39.6 Å². The van der Waals surface area contributed by atoms with Crippen LogP contribution in [0.15, 0.2) is 23.4 Å². The first-order valence-corrected chi connectivity index (χ1v) is 10.8. The highest BCUT2D eigenvalue weighted by atomic mass is 35.5. The molecule has 11 heteroatoms. The van der Waals surface area contributed by atoms with Crippen LogP contribution in [-0.4, -0.2) is 17.8 Å². The molecular formula is C19H16Cl3F3N2O2S. The Kier molecular flexibility index (Phi) is 6.63. The molecule has 1 atom stereocenters. The van der Waals surface area contributed by atoms with E-state index in [1.165, 1.54) is 11.3 Å². The SMILES string of the molecule is CCC(=O)NCc1cc(C2=NOC(c3cc(Cl)c(Cl)c(Cl)c3)(C(F)(F)F)C2)sc1C. The number of halogens is 6. The van der Waals surface area contributed by atoms with Gasteiger partial charge < -0.3 is 10.2 Å². The molecule has 1 aliphatic rings. The number of nitrogens with zero attached hydrogens (tertiary/aromatic N) is 1. The van der Waals surface area contributed by atoms with Crippen LogP contribution in [0.3, 0.4) is 0 Å². The van der Waals surface area contributed by atoms with Gasteiger partial charge in [0.05, 0.1) is 26.4 Å². The number of hydrogen-bond acceptors (Lipinski definition) is 4. The number of hydrogen-bond donors (Lipinski definition) is 1. The van der Waals surface area contributed by atoms with Gasteiger partial charge in [0.1, 0.15) is 5.71 Å². The maximum Gasteiger partial charge on any atom is 0.435 e. The number of thiophene rings is 1. The normalized spacial score (nSPS) is 18.9. The number of rotatable bonds is 5. The number of nitrogens with one attached hydrogen (secondary N) is 1. The summed E-state index contributed by atoms with van der Waals surface area (Å²) >= 11 is 19.1. The molecule has 0 saturated carbocycles. The molecule has 4 nitrogen and oxygen atoms in total. The number of aryl methyl sites for hydroxylation is 1. The smallest absolute Gasteiger partial charge is 0.374 e. The maximum absolute atomic E-state index is 14.1. The average molecular weight is 500 g/mol. The topological polar surface area (TPSA) is 50.7 Å². The second-order valence-corrected chi connectivity index (χ2v) is 9.16. The Balaban J connectivity index is 1.92. The van der Waals surface area contributed by atoms with Gasteiger partial charge in [-0.1, -0.05) is 46.9 Å². The van der Waals surface area contributed by atoms with Crippen molar-refractivity contribution in [2.24, 2.45) is 5.16 Å². The number of oxime groups is 1. The molecule has 1 aliphatic heterocycles. The molecule has 1 amide bonds. The van der Waals surface area contributed by atoms with Crippen LogP contribution in [0.1, 0.15) is 40.6 Å². The maximum atomic E-state index is 14.1. The molecule has 0 fully saturated rings. The third-order valence-corrected chi connectivity index (χ3v) is 7.08. The quantitative estimate of drug-likeness (QED) is 0.470. The van der Waals surface area contributed by atoms with E-state index in [0.717, 1.165) is 22.6 Å². The lowest BCUT2D eigenvalue weighted by atomic mass is 9.88. The fourth-order valence-electron chi connectivity index (χ4n) is 2.98. The summed E-state index contributed by atoms with van der Waals surface area (Å²) in [6.45, 7) is 3.85. The predicted octanol–water partition coefficient (Wildman–Crippen LogP) is 6.63. The second kappa shape index (κ2) is 8.57. The highest BCUT2D eigenvalue weighted by Crippen LogP contribution is 2.51. The van der Waals surface area contributed by atoms with Crippen LogP contribution in [-0.2, 0) is 21.8 Å². The van der Waals surface area contributed by atoms with Crippen molar-refractivity contribution in [3.05, 3.63) is 54.1 Å². The Bertz CT molecular complexity index is 1000. The van der Waals surface area contributed by atoms with E-state index in [1.54, 1.807) is 13.0 Å². The Morgan fingerprint density at radius 1 is 1.27 bits per heavy atom. The van der Waals surface area contributed by atoms with Gasteiger partial charge in [0.2, 0.25) is 5.91 Å². The van der Waals surface area contributed by atoms with E-state index in [0.29, 0.717) is 11.3 Å². The van der Waals surface area contributed by atoms with E-state index in [-0.39, 0.29) is 38.8 Å². The summed E-state index contributed by atoms with van der Waals surface area (Å²) in [6, 6.07) is 3.90. The van der Waals surface area contributed by atoms with Gasteiger partial charge in [-0.3, -0.25) is 4.79 Å². The van der Waals surface area contributed by atoms with Gasteiger partial charge in [-0.2, -0.15) is 13.2 Å². The largest absolute Gasteiger partial charge is 0.435 e. The van der Waals surface area contributed by atoms with Crippen molar-refractivity contribution in [1.29, 1.82) is 0 Å². The van der Waals surface area contributed by atoms with E-state index < -0.39 is 18.2 Å². The lowest BCUT2D eigenvalue weighted by Crippen LogP contribution is -2.42. The van der Waals surface area contributed by atoms with Gasteiger partial charge >= 0.3 is 6.18 Å².